The van der Waals surface area contributed by atoms with Gasteiger partial charge in [0.15, 0.2) is 11.0 Å². The highest BCUT2D eigenvalue weighted by Gasteiger charge is 2.17. The van der Waals surface area contributed by atoms with Crippen molar-refractivity contribution in [1.29, 1.82) is 0 Å². The number of nitrogens with one attached hydrogen (secondary N) is 1. The summed E-state index contributed by atoms with van der Waals surface area (Å²) in [5, 5.41) is 10.7. The van der Waals surface area contributed by atoms with Crippen LogP contribution < -0.4 is 10.3 Å². The molecule has 0 aliphatic rings. The maximum Gasteiger partial charge on any atom is 0.258 e. The lowest BCUT2D eigenvalue weighted by Gasteiger charge is -2.11. The van der Waals surface area contributed by atoms with Gasteiger partial charge in [0, 0.05) is 16.3 Å². The molecule has 0 saturated carbocycles. The molecule has 1 N–H and O–H groups in total. The second-order valence-electron chi connectivity index (χ2n) is 7.17. The number of benzene rings is 3. The van der Waals surface area contributed by atoms with E-state index in [0.29, 0.717) is 38.5 Å². The van der Waals surface area contributed by atoms with E-state index < -0.39 is 0 Å². The van der Waals surface area contributed by atoms with Crippen molar-refractivity contribution < 1.29 is 4.74 Å². The Morgan fingerprint density at radius 3 is 2.67 bits per heavy atom. The van der Waals surface area contributed by atoms with Crippen LogP contribution in [0.2, 0.25) is 5.02 Å². The van der Waals surface area contributed by atoms with Gasteiger partial charge >= 0.3 is 0 Å². The van der Waals surface area contributed by atoms with Crippen LogP contribution in [-0.4, -0.2) is 31.8 Å². The van der Waals surface area contributed by atoms with Crippen molar-refractivity contribution in [2.75, 3.05) is 7.11 Å². The molecule has 33 heavy (non-hydrogen) atoms. The van der Waals surface area contributed by atoms with E-state index in [9.17, 15) is 4.79 Å². The van der Waals surface area contributed by atoms with Crippen LogP contribution in [0.5, 0.6) is 5.75 Å². The molecule has 0 atom stereocenters. The summed E-state index contributed by atoms with van der Waals surface area (Å²) in [6.45, 7) is 0. The van der Waals surface area contributed by atoms with Crippen molar-refractivity contribution in [3.05, 3.63) is 94.0 Å². The molecule has 2 heterocycles. The zero-order valence-electron chi connectivity index (χ0n) is 17.5. The standard InChI is InChI=1S/C24H18ClN5O2S/c1-32-18-6-4-5-15(13-18)22-28-29-24(30(22)17-11-9-16(25)10-12-17)33-14-21-26-20-8-3-2-7-19(20)23(31)27-21/h2-13H,14H2,1H3,(H,26,27,31). The number of nitrogens with zero attached hydrogens (tertiary/aromatic N) is 4. The van der Waals surface area contributed by atoms with E-state index >= 15 is 0 Å². The highest BCUT2D eigenvalue weighted by molar-refractivity contribution is 7.98. The van der Waals surface area contributed by atoms with Gasteiger partial charge in [0.25, 0.3) is 5.56 Å². The molecule has 5 rings (SSSR count). The van der Waals surface area contributed by atoms with E-state index in [2.05, 4.69) is 20.2 Å². The number of thioether (sulfide) groups is 1. The Balaban J connectivity index is 1.54. The number of H-pyrrole nitrogens is 1. The first-order chi connectivity index (χ1) is 16.1. The van der Waals surface area contributed by atoms with Gasteiger partial charge in [-0.3, -0.25) is 9.36 Å². The molecule has 0 saturated heterocycles. The number of aromatic amines is 1. The average molecular weight is 476 g/mol. The van der Waals surface area contributed by atoms with Gasteiger partial charge in [0.2, 0.25) is 0 Å². The van der Waals surface area contributed by atoms with Crippen molar-refractivity contribution >= 4 is 34.3 Å². The fraction of sp³-hybridized carbons (Fsp3) is 0.0833. The number of hydrogen-bond donors (Lipinski definition) is 1. The van der Waals surface area contributed by atoms with Gasteiger partial charge < -0.3 is 9.72 Å². The van der Waals surface area contributed by atoms with Gasteiger partial charge in [0.1, 0.15) is 11.6 Å². The summed E-state index contributed by atoms with van der Waals surface area (Å²) in [6, 6.07) is 22.4. The van der Waals surface area contributed by atoms with Crippen molar-refractivity contribution in [3.63, 3.8) is 0 Å². The molecule has 0 fully saturated rings. The third-order valence-corrected chi connectivity index (χ3v) is 6.24. The Morgan fingerprint density at radius 2 is 1.85 bits per heavy atom. The number of hydrogen-bond acceptors (Lipinski definition) is 6. The molecule has 7 nitrogen and oxygen atoms in total. The Hall–Kier alpha value is -3.62. The van der Waals surface area contributed by atoms with E-state index in [4.69, 9.17) is 16.3 Å². The van der Waals surface area contributed by atoms with Crippen molar-refractivity contribution in [3.8, 4) is 22.8 Å². The van der Waals surface area contributed by atoms with Crippen LogP contribution in [0.4, 0.5) is 0 Å². The van der Waals surface area contributed by atoms with Gasteiger partial charge in [-0.25, -0.2) is 4.98 Å². The monoisotopic (exact) mass is 475 g/mol. The average Bonchev–Trinajstić information content (AvgIpc) is 3.27. The third kappa shape index (κ3) is 4.35. The van der Waals surface area contributed by atoms with Gasteiger partial charge in [0.05, 0.1) is 23.8 Å². The fourth-order valence-electron chi connectivity index (χ4n) is 3.47. The topological polar surface area (TPSA) is 85.7 Å². The predicted molar refractivity (Wildman–Crippen MR) is 130 cm³/mol. The van der Waals surface area contributed by atoms with Crippen LogP contribution in [0.15, 0.2) is 82.7 Å². The number of methoxy groups -OCH3 is 1. The largest absolute Gasteiger partial charge is 0.497 e. The SMILES string of the molecule is COc1cccc(-c2nnc(SCc3nc4ccccc4c(=O)[nH]3)n2-c2ccc(Cl)cc2)c1. The molecule has 2 aromatic heterocycles. The lowest BCUT2D eigenvalue weighted by atomic mass is 10.2. The minimum atomic E-state index is -0.160. The molecule has 0 bridgehead atoms. The Labute approximate surface area is 198 Å². The molecule has 0 unspecified atom stereocenters. The summed E-state index contributed by atoms with van der Waals surface area (Å²) in [4.78, 5) is 19.9. The molecule has 0 aliphatic heterocycles. The summed E-state index contributed by atoms with van der Waals surface area (Å²) in [6.07, 6.45) is 0. The first-order valence-electron chi connectivity index (χ1n) is 10.1. The summed E-state index contributed by atoms with van der Waals surface area (Å²) in [5.41, 5.74) is 2.23. The maximum atomic E-state index is 12.4. The third-order valence-electron chi connectivity index (χ3n) is 5.05. The van der Waals surface area contributed by atoms with Gasteiger partial charge in [-0.05, 0) is 48.5 Å². The second-order valence-corrected chi connectivity index (χ2v) is 8.55. The molecular weight excluding hydrogens is 458 g/mol. The summed E-state index contributed by atoms with van der Waals surface area (Å²) in [7, 11) is 1.63. The van der Waals surface area contributed by atoms with Gasteiger partial charge in [-0.15, -0.1) is 10.2 Å². The van der Waals surface area contributed by atoms with Crippen LogP contribution in [-0.2, 0) is 5.75 Å². The van der Waals surface area contributed by atoms with Crippen LogP contribution in [0.3, 0.4) is 0 Å². The smallest absolute Gasteiger partial charge is 0.258 e. The fourth-order valence-corrected chi connectivity index (χ4v) is 4.42. The van der Waals surface area contributed by atoms with Crippen LogP contribution in [0.25, 0.3) is 28.0 Å². The van der Waals surface area contributed by atoms with Crippen molar-refractivity contribution in [2.45, 2.75) is 10.9 Å². The number of fused-ring (bicyclic) bond motifs is 1. The number of ether oxygens (including phenoxy) is 1. The summed E-state index contributed by atoms with van der Waals surface area (Å²) in [5.74, 6) is 2.38. The Morgan fingerprint density at radius 1 is 1.03 bits per heavy atom. The minimum Gasteiger partial charge on any atom is -0.497 e. The maximum absolute atomic E-state index is 12.4. The molecule has 164 valence electrons. The van der Waals surface area contributed by atoms with Crippen LogP contribution in [0.1, 0.15) is 5.82 Å². The highest BCUT2D eigenvalue weighted by atomic mass is 35.5. The quantitative estimate of drug-likeness (QED) is 0.343. The molecule has 3 aromatic carbocycles. The number of rotatable bonds is 6. The van der Waals surface area contributed by atoms with E-state index in [-0.39, 0.29) is 5.56 Å². The molecular formula is C24H18ClN5O2S. The molecule has 0 amide bonds. The lowest BCUT2D eigenvalue weighted by molar-refractivity contribution is 0.415. The molecule has 9 heteroatoms. The van der Waals surface area contributed by atoms with Gasteiger partial charge in [-0.1, -0.05) is 47.6 Å². The van der Waals surface area contributed by atoms with Crippen molar-refractivity contribution in [2.24, 2.45) is 0 Å². The summed E-state index contributed by atoms with van der Waals surface area (Å²) < 4.78 is 7.33. The Bertz CT molecular complexity index is 1500. The molecule has 0 spiro atoms. The zero-order valence-corrected chi connectivity index (χ0v) is 19.1. The summed E-state index contributed by atoms with van der Waals surface area (Å²) >= 11 is 7.54. The van der Waals surface area contributed by atoms with Crippen molar-refractivity contribution in [1.82, 2.24) is 24.7 Å². The predicted octanol–water partition coefficient (Wildman–Crippen LogP) is 5.13. The molecule has 0 radical (unpaired) electrons. The van der Waals surface area contributed by atoms with Crippen LogP contribution in [0, 0.1) is 0 Å². The number of aromatic nitrogens is 5. The number of halogens is 1. The van der Waals surface area contributed by atoms with E-state index in [1.807, 2.05) is 71.3 Å². The lowest BCUT2D eigenvalue weighted by Crippen LogP contribution is -2.11. The van der Waals surface area contributed by atoms with Crippen LogP contribution >= 0.6 is 23.4 Å². The van der Waals surface area contributed by atoms with E-state index in [0.717, 1.165) is 17.0 Å². The second kappa shape index (κ2) is 9.09. The first-order valence-corrected chi connectivity index (χ1v) is 11.5. The van der Waals surface area contributed by atoms with Gasteiger partial charge in [-0.2, -0.15) is 0 Å². The zero-order chi connectivity index (χ0) is 22.8. The molecule has 0 aliphatic carbocycles. The van der Waals surface area contributed by atoms with E-state index in [1.165, 1.54) is 11.8 Å². The minimum absolute atomic E-state index is 0.160. The van der Waals surface area contributed by atoms with E-state index in [1.54, 1.807) is 13.2 Å². The first kappa shape index (κ1) is 21.2. The normalized spacial score (nSPS) is 11.1. The Kier molecular flexibility index (Phi) is 5.85. The number of para-hydroxylation sites is 1. The highest BCUT2D eigenvalue weighted by Crippen LogP contribution is 2.31. The molecule has 5 aromatic rings.